The first-order valence-electron chi connectivity index (χ1n) is 6.31. The summed E-state index contributed by atoms with van der Waals surface area (Å²) in [6.45, 7) is 9.57. The molecule has 3 N–H and O–H groups in total. The lowest BCUT2D eigenvalue weighted by Gasteiger charge is -2.47. The van der Waals surface area contributed by atoms with Gasteiger partial charge in [-0.15, -0.1) is 0 Å². The summed E-state index contributed by atoms with van der Waals surface area (Å²) < 4.78 is 6.04. The molecule has 0 aliphatic carbocycles. The molecule has 1 aliphatic heterocycles. The van der Waals surface area contributed by atoms with E-state index >= 15 is 0 Å². The molecule has 0 radical (unpaired) electrons. The van der Waals surface area contributed by atoms with Crippen molar-refractivity contribution in [1.82, 2.24) is 9.97 Å². The number of ether oxygens (including phenoxy) is 1. The molecular formula is C13H21N5O. The normalized spacial score (nSPS) is 21.2. The molecule has 0 amide bonds. The molecule has 1 aromatic rings. The first kappa shape index (κ1) is 13.7. The molecule has 2 heterocycles. The molecule has 19 heavy (non-hydrogen) atoms. The van der Waals surface area contributed by atoms with Gasteiger partial charge in [-0.3, -0.25) is 5.41 Å². The van der Waals surface area contributed by atoms with E-state index in [4.69, 9.17) is 15.9 Å². The van der Waals surface area contributed by atoms with E-state index in [0.29, 0.717) is 24.6 Å². The quantitative estimate of drug-likeness (QED) is 0.617. The van der Waals surface area contributed by atoms with Crippen LogP contribution in [0.15, 0.2) is 12.4 Å². The molecular weight excluding hydrogens is 242 g/mol. The average molecular weight is 263 g/mol. The van der Waals surface area contributed by atoms with Crippen molar-refractivity contribution in [2.45, 2.75) is 38.9 Å². The van der Waals surface area contributed by atoms with E-state index in [1.54, 1.807) is 12.4 Å². The van der Waals surface area contributed by atoms with Crippen molar-refractivity contribution in [1.29, 1.82) is 5.41 Å². The first-order valence-corrected chi connectivity index (χ1v) is 6.31. The highest BCUT2D eigenvalue weighted by Crippen LogP contribution is 2.31. The highest BCUT2D eigenvalue weighted by atomic mass is 16.5. The van der Waals surface area contributed by atoms with Gasteiger partial charge in [0.05, 0.1) is 11.2 Å². The highest BCUT2D eigenvalue weighted by molar-refractivity contribution is 5.97. The van der Waals surface area contributed by atoms with Crippen LogP contribution >= 0.6 is 0 Å². The number of nitrogens with zero attached hydrogens (tertiary/aromatic N) is 3. The zero-order chi connectivity index (χ0) is 14.3. The number of nitrogens with one attached hydrogen (secondary N) is 1. The molecule has 0 atom stereocenters. The maximum atomic E-state index is 7.61. The summed E-state index contributed by atoms with van der Waals surface area (Å²) in [6, 6.07) is 0. The average Bonchev–Trinajstić information content (AvgIpc) is 2.24. The number of hydrogen-bond acceptors (Lipinski definition) is 5. The van der Waals surface area contributed by atoms with Crippen molar-refractivity contribution in [3.05, 3.63) is 18.1 Å². The number of rotatable bonds is 2. The molecule has 0 aromatic carbocycles. The number of amidine groups is 1. The minimum atomic E-state index is -0.284. The Hall–Kier alpha value is -1.69. The predicted molar refractivity (Wildman–Crippen MR) is 74.5 cm³/mol. The minimum absolute atomic E-state index is 0.0646. The van der Waals surface area contributed by atoms with Gasteiger partial charge in [-0.05, 0) is 27.7 Å². The van der Waals surface area contributed by atoms with Crippen molar-refractivity contribution >= 4 is 11.7 Å². The fraction of sp³-hybridized carbons (Fsp3) is 0.615. The van der Waals surface area contributed by atoms with Crippen LogP contribution in [0.25, 0.3) is 0 Å². The Morgan fingerprint density at radius 3 is 2.26 bits per heavy atom. The number of nitrogen functional groups attached to an aromatic ring is 1. The van der Waals surface area contributed by atoms with Gasteiger partial charge in [0.1, 0.15) is 11.5 Å². The van der Waals surface area contributed by atoms with Gasteiger partial charge in [-0.2, -0.15) is 0 Å². The maximum absolute atomic E-state index is 7.61. The van der Waals surface area contributed by atoms with Crippen LogP contribution in [0.1, 0.15) is 33.4 Å². The minimum Gasteiger partial charge on any atom is -0.382 e. The van der Waals surface area contributed by atoms with Gasteiger partial charge < -0.3 is 15.4 Å². The van der Waals surface area contributed by atoms with E-state index in [-0.39, 0.29) is 17.0 Å². The molecule has 6 heteroatoms. The lowest BCUT2D eigenvalue weighted by atomic mass is 9.99. The summed E-state index contributed by atoms with van der Waals surface area (Å²) in [4.78, 5) is 10.6. The summed E-state index contributed by atoms with van der Waals surface area (Å²) in [5.74, 6) is 0.588. The first-order chi connectivity index (χ1) is 8.70. The molecule has 1 aliphatic rings. The molecule has 2 rings (SSSR count). The molecule has 1 saturated heterocycles. The fourth-order valence-electron chi connectivity index (χ4n) is 2.69. The van der Waals surface area contributed by atoms with Crippen LogP contribution in [0, 0.1) is 5.41 Å². The van der Waals surface area contributed by atoms with Gasteiger partial charge in [-0.25, -0.2) is 9.97 Å². The van der Waals surface area contributed by atoms with Crippen molar-refractivity contribution in [3.63, 3.8) is 0 Å². The Labute approximate surface area is 113 Å². The van der Waals surface area contributed by atoms with Crippen molar-refractivity contribution < 1.29 is 4.74 Å². The molecule has 1 fully saturated rings. The number of aromatic nitrogens is 2. The molecule has 0 spiro atoms. The summed E-state index contributed by atoms with van der Waals surface area (Å²) in [5, 5.41) is 7.61. The molecule has 6 nitrogen and oxygen atoms in total. The molecule has 0 saturated carbocycles. The topological polar surface area (TPSA) is 88.1 Å². The lowest BCUT2D eigenvalue weighted by Crippen LogP contribution is -2.57. The highest BCUT2D eigenvalue weighted by Gasteiger charge is 2.39. The van der Waals surface area contributed by atoms with Crippen molar-refractivity contribution in [3.8, 4) is 0 Å². The summed E-state index contributed by atoms with van der Waals surface area (Å²) in [6.07, 6.45) is 3.17. The van der Waals surface area contributed by atoms with E-state index in [2.05, 4.69) is 14.9 Å². The van der Waals surface area contributed by atoms with Crippen LogP contribution < -0.4 is 10.6 Å². The summed E-state index contributed by atoms with van der Waals surface area (Å²) in [7, 11) is 0. The summed E-state index contributed by atoms with van der Waals surface area (Å²) in [5.41, 5.74) is 5.44. The maximum Gasteiger partial charge on any atom is 0.158 e. The zero-order valence-corrected chi connectivity index (χ0v) is 11.9. The SMILES string of the molecule is CC1(C)CN(c2nccnc2C(=N)N)CC(C)(C)O1. The largest absolute Gasteiger partial charge is 0.382 e. The van der Waals surface area contributed by atoms with E-state index in [1.807, 2.05) is 27.7 Å². The standard InChI is InChI=1S/C13H21N5O/c1-12(2)7-18(8-13(3,4)19-12)11-9(10(14)15)16-5-6-17-11/h5-6H,7-8H2,1-4H3,(H3,14,15). The number of anilines is 1. The Bertz CT molecular complexity index is 482. The molecule has 0 bridgehead atoms. The third kappa shape index (κ3) is 3.01. The van der Waals surface area contributed by atoms with Gasteiger partial charge in [0.25, 0.3) is 0 Å². The second-order valence-corrected chi connectivity index (χ2v) is 6.12. The molecule has 1 aromatic heterocycles. The fourth-order valence-corrected chi connectivity index (χ4v) is 2.69. The van der Waals surface area contributed by atoms with Gasteiger partial charge in [0.2, 0.25) is 0 Å². The van der Waals surface area contributed by atoms with Crippen LogP contribution in [0.2, 0.25) is 0 Å². The van der Waals surface area contributed by atoms with Crippen molar-refractivity contribution in [2.75, 3.05) is 18.0 Å². The van der Waals surface area contributed by atoms with Gasteiger partial charge in [0.15, 0.2) is 5.82 Å². The van der Waals surface area contributed by atoms with E-state index < -0.39 is 0 Å². The van der Waals surface area contributed by atoms with Crippen LogP contribution in [0.5, 0.6) is 0 Å². The van der Waals surface area contributed by atoms with E-state index in [0.717, 1.165) is 0 Å². The van der Waals surface area contributed by atoms with Crippen molar-refractivity contribution in [2.24, 2.45) is 5.73 Å². The van der Waals surface area contributed by atoms with Crippen LogP contribution in [0.3, 0.4) is 0 Å². The Kier molecular flexibility index (Phi) is 3.22. The zero-order valence-electron chi connectivity index (χ0n) is 11.9. The monoisotopic (exact) mass is 263 g/mol. The van der Waals surface area contributed by atoms with Crippen LogP contribution in [-0.2, 0) is 4.74 Å². The van der Waals surface area contributed by atoms with Gasteiger partial charge in [0, 0.05) is 25.5 Å². The summed E-state index contributed by atoms with van der Waals surface area (Å²) >= 11 is 0. The van der Waals surface area contributed by atoms with Crippen LogP contribution in [0.4, 0.5) is 5.82 Å². The van der Waals surface area contributed by atoms with Gasteiger partial charge >= 0.3 is 0 Å². The van der Waals surface area contributed by atoms with Gasteiger partial charge in [-0.1, -0.05) is 0 Å². The number of morpholine rings is 1. The Morgan fingerprint density at radius 2 is 1.74 bits per heavy atom. The van der Waals surface area contributed by atoms with E-state index in [9.17, 15) is 0 Å². The Morgan fingerprint density at radius 1 is 1.21 bits per heavy atom. The second-order valence-electron chi connectivity index (χ2n) is 6.12. The number of hydrogen-bond donors (Lipinski definition) is 2. The predicted octanol–water partition coefficient (Wildman–Crippen LogP) is 1.15. The van der Waals surface area contributed by atoms with E-state index in [1.165, 1.54) is 0 Å². The lowest BCUT2D eigenvalue weighted by molar-refractivity contribution is -0.133. The third-order valence-corrected chi connectivity index (χ3v) is 2.93. The molecule has 0 unspecified atom stereocenters. The Balaban J connectivity index is 2.39. The number of nitrogens with two attached hydrogens (primary N) is 1. The smallest absolute Gasteiger partial charge is 0.158 e. The third-order valence-electron chi connectivity index (χ3n) is 2.93. The van der Waals surface area contributed by atoms with Crippen LogP contribution in [-0.4, -0.2) is 40.1 Å². The second kappa shape index (κ2) is 4.45. The molecule has 104 valence electrons.